The van der Waals surface area contributed by atoms with Crippen molar-refractivity contribution in [3.05, 3.63) is 18.3 Å². The summed E-state index contributed by atoms with van der Waals surface area (Å²) in [6.45, 7) is 11.1. The lowest BCUT2D eigenvalue weighted by Gasteiger charge is -2.35. The molecule has 1 saturated heterocycles. The van der Waals surface area contributed by atoms with E-state index in [0.29, 0.717) is 5.92 Å². The van der Waals surface area contributed by atoms with Crippen molar-refractivity contribution >= 4 is 22.8 Å². The Morgan fingerprint density at radius 1 is 1.04 bits per heavy atom. The highest BCUT2D eigenvalue weighted by Gasteiger charge is 2.25. The van der Waals surface area contributed by atoms with Gasteiger partial charge in [-0.1, -0.05) is 27.2 Å². The van der Waals surface area contributed by atoms with E-state index in [4.69, 9.17) is 5.10 Å². The van der Waals surface area contributed by atoms with Crippen LogP contribution in [0.4, 0.5) is 11.8 Å². The molecule has 0 aromatic carbocycles. The van der Waals surface area contributed by atoms with Crippen molar-refractivity contribution in [1.29, 1.82) is 0 Å². The van der Waals surface area contributed by atoms with Gasteiger partial charge in [0.05, 0.1) is 11.1 Å². The van der Waals surface area contributed by atoms with Gasteiger partial charge >= 0.3 is 0 Å². The van der Waals surface area contributed by atoms with E-state index >= 15 is 0 Å². The van der Waals surface area contributed by atoms with Crippen molar-refractivity contribution in [2.75, 3.05) is 36.0 Å². The fourth-order valence-electron chi connectivity index (χ4n) is 3.78. The van der Waals surface area contributed by atoms with Crippen LogP contribution in [-0.4, -0.2) is 61.1 Å². The first-order valence-electron chi connectivity index (χ1n) is 10.2. The number of aromatic amines is 1. The molecule has 1 N–H and O–H groups in total. The Balaban J connectivity index is 1.64. The standard InChI is InChI=1S/C19H29N9/c1-4-5-6-28-18-16(15(25-28)11-14(2)3)17(20-12-21-18)26-7-9-27(10-8-26)19-22-13-23-24-19/h12-14H,4-11H2,1-3H3,(H,22,23,24). The van der Waals surface area contributed by atoms with Crippen LogP contribution < -0.4 is 9.80 Å². The minimum atomic E-state index is 0.536. The molecular formula is C19H29N9. The number of anilines is 2. The van der Waals surface area contributed by atoms with Gasteiger partial charge in [-0.2, -0.15) is 15.2 Å². The van der Waals surface area contributed by atoms with Gasteiger partial charge in [0.2, 0.25) is 5.95 Å². The molecule has 3 aromatic rings. The Morgan fingerprint density at radius 2 is 1.82 bits per heavy atom. The number of aromatic nitrogens is 7. The monoisotopic (exact) mass is 383 g/mol. The van der Waals surface area contributed by atoms with Gasteiger partial charge in [-0.15, -0.1) is 0 Å². The molecule has 28 heavy (non-hydrogen) atoms. The highest BCUT2D eigenvalue weighted by molar-refractivity contribution is 5.90. The van der Waals surface area contributed by atoms with Gasteiger partial charge in [-0.3, -0.25) is 0 Å². The maximum atomic E-state index is 4.93. The van der Waals surface area contributed by atoms with E-state index < -0.39 is 0 Å². The molecule has 3 aromatic heterocycles. The number of H-pyrrole nitrogens is 1. The predicted molar refractivity (Wildman–Crippen MR) is 110 cm³/mol. The minimum Gasteiger partial charge on any atom is -0.352 e. The number of fused-ring (bicyclic) bond motifs is 1. The van der Waals surface area contributed by atoms with E-state index in [1.165, 1.54) is 0 Å². The lowest BCUT2D eigenvalue weighted by molar-refractivity contribution is 0.562. The van der Waals surface area contributed by atoms with Crippen LogP contribution in [0.15, 0.2) is 12.7 Å². The van der Waals surface area contributed by atoms with Crippen molar-refractivity contribution in [3.8, 4) is 0 Å². The molecule has 0 amide bonds. The van der Waals surface area contributed by atoms with E-state index in [9.17, 15) is 0 Å². The van der Waals surface area contributed by atoms with Crippen LogP contribution in [0.5, 0.6) is 0 Å². The molecule has 0 bridgehead atoms. The van der Waals surface area contributed by atoms with Gasteiger partial charge in [0.15, 0.2) is 5.65 Å². The number of piperazine rings is 1. The topological polar surface area (TPSA) is 91.7 Å². The first-order chi connectivity index (χ1) is 13.7. The molecule has 0 unspecified atom stereocenters. The smallest absolute Gasteiger partial charge is 0.221 e. The molecule has 1 aliphatic heterocycles. The number of hydrogen-bond donors (Lipinski definition) is 1. The fraction of sp³-hybridized carbons (Fsp3) is 0.632. The Bertz CT molecular complexity index is 892. The molecular weight excluding hydrogens is 354 g/mol. The lowest BCUT2D eigenvalue weighted by atomic mass is 10.1. The normalized spacial score (nSPS) is 15.1. The third-order valence-electron chi connectivity index (χ3n) is 5.19. The van der Waals surface area contributed by atoms with Gasteiger partial charge in [0.1, 0.15) is 18.5 Å². The summed E-state index contributed by atoms with van der Waals surface area (Å²) in [5.41, 5.74) is 2.08. The zero-order chi connectivity index (χ0) is 19.5. The molecule has 1 fully saturated rings. The van der Waals surface area contributed by atoms with Crippen molar-refractivity contribution < 1.29 is 0 Å². The summed E-state index contributed by atoms with van der Waals surface area (Å²) < 4.78 is 2.08. The Morgan fingerprint density at radius 3 is 2.50 bits per heavy atom. The SMILES string of the molecule is CCCCn1nc(CC(C)C)c2c(N3CCN(c4ncn[nH]4)CC3)ncnc21. The van der Waals surface area contributed by atoms with E-state index in [1.54, 1.807) is 12.7 Å². The van der Waals surface area contributed by atoms with E-state index in [2.05, 4.69) is 60.4 Å². The number of rotatable bonds is 7. The van der Waals surface area contributed by atoms with Crippen molar-refractivity contribution in [2.24, 2.45) is 5.92 Å². The van der Waals surface area contributed by atoms with Crippen LogP contribution in [0.1, 0.15) is 39.3 Å². The molecule has 0 spiro atoms. The molecule has 4 rings (SSSR count). The third kappa shape index (κ3) is 3.65. The van der Waals surface area contributed by atoms with Crippen LogP contribution in [0, 0.1) is 5.92 Å². The van der Waals surface area contributed by atoms with E-state index in [1.807, 2.05) is 0 Å². The van der Waals surface area contributed by atoms with E-state index in [0.717, 1.165) is 80.5 Å². The van der Waals surface area contributed by atoms with Gasteiger partial charge in [-0.05, 0) is 18.8 Å². The number of unbranched alkanes of at least 4 members (excludes halogenated alkanes) is 1. The van der Waals surface area contributed by atoms with Crippen molar-refractivity contribution in [2.45, 2.75) is 46.6 Å². The van der Waals surface area contributed by atoms with Crippen LogP contribution >= 0.6 is 0 Å². The number of aryl methyl sites for hydroxylation is 1. The first-order valence-corrected chi connectivity index (χ1v) is 10.2. The maximum absolute atomic E-state index is 4.93. The lowest BCUT2D eigenvalue weighted by Crippen LogP contribution is -2.47. The molecule has 1 aliphatic rings. The van der Waals surface area contributed by atoms with Gasteiger partial charge in [-0.25, -0.2) is 19.7 Å². The second kappa shape index (κ2) is 8.12. The molecule has 0 saturated carbocycles. The van der Waals surface area contributed by atoms with Gasteiger partial charge < -0.3 is 9.80 Å². The molecule has 9 heteroatoms. The molecule has 0 radical (unpaired) electrons. The summed E-state index contributed by atoms with van der Waals surface area (Å²) in [5.74, 6) is 2.38. The number of nitrogens with zero attached hydrogens (tertiary/aromatic N) is 8. The van der Waals surface area contributed by atoms with Gasteiger partial charge in [0, 0.05) is 32.7 Å². The number of nitrogens with one attached hydrogen (secondary N) is 1. The Hall–Kier alpha value is -2.71. The van der Waals surface area contributed by atoms with Crippen LogP contribution in [-0.2, 0) is 13.0 Å². The average Bonchev–Trinajstić information content (AvgIpc) is 3.35. The first kappa shape index (κ1) is 18.6. The molecule has 4 heterocycles. The zero-order valence-corrected chi connectivity index (χ0v) is 17.0. The predicted octanol–water partition coefficient (Wildman–Crippen LogP) is 2.27. The summed E-state index contributed by atoms with van der Waals surface area (Å²) in [6, 6.07) is 0. The highest BCUT2D eigenvalue weighted by Crippen LogP contribution is 2.29. The maximum Gasteiger partial charge on any atom is 0.221 e. The second-order valence-corrected chi connectivity index (χ2v) is 7.80. The highest BCUT2D eigenvalue weighted by atomic mass is 15.4. The van der Waals surface area contributed by atoms with Crippen molar-refractivity contribution in [3.63, 3.8) is 0 Å². The Labute approximate surface area is 165 Å². The number of hydrogen-bond acceptors (Lipinski definition) is 7. The zero-order valence-electron chi connectivity index (χ0n) is 17.0. The molecule has 0 atom stereocenters. The summed E-state index contributed by atoms with van der Waals surface area (Å²) >= 11 is 0. The minimum absolute atomic E-state index is 0.536. The molecule has 0 aliphatic carbocycles. The summed E-state index contributed by atoms with van der Waals surface area (Å²) in [4.78, 5) is 18.1. The molecule has 9 nitrogen and oxygen atoms in total. The van der Waals surface area contributed by atoms with Crippen molar-refractivity contribution in [1.82, 2.24) is 34.9 Å². The second-order valence-electron chi connectivity index (χ2n) is 7.80. The Kier molecular flexibility index (Phi) is 5.40. The van der Waals surface area contributed by atoms with E-state index in [-0.39, 0.29) is 0 Å². The van der Waals surface area contributed by atoms with Crippen LogP contribution in [0.3, 0.4) is 0 Å². The summed E-state index contributed by atoms with van der Waals surface area (Å²) in [6.07, 6.45) is 6.42. The summed E-state index contributed by atoms with van der Waals surface area (Å²) in [7, 11) is 0. The summed E-state index contributed by atoms with van der Waals surface area (Å²) in [5, 5.41) is 13.0. The third-order valence-corrected chi connectivity index (χ3v) is 5.19. The quantitative estimate of drug-likeness (QED) is 0.669. The van der Waals surface area contributed by atoms with Crippen LogP contribution in [0.25, 0.3) is 11.0 Å². The largest absolute Gasteiger partial charge is 0.352 e. The van der Waals surface area contributed by atoms with Gasteiger partial charge in [0.25, 0.3) is 0 Å². The molecule has 150 valence electrons. The average molecular weight is 384 g/mol. The fourth-order valence-corrected chi connectivity index (χ4v) is 3.78. The van der Waals surface area contributed by atoms with Crippen LogP contribution in [0.2, 0.25) is 0 Å².